The van der Waals surface area contributed by atoms with Gasteiger partial charge in [-0.05, 0) is 38.7 Å². The van der Waals surface area contributed by atoms with Gasteiger partial charge in [0.15, 0.2) is 0 Å². The van der Waals surface area contributed by atoms with Gasteiger partial charge in [-0.2, -0.15) is 11.8 Å². The SMILES string of the molecule is CCSCCC(C)N1CC(=O)NC(C)(C)C1=O. The second-order valence-corrected chi connectivity index (χ2v) is 6.33. The van der Waals surface area contributed by atoms with Crippen LogP contribution in [0.3, 0.4) is 0 Å². The van der Waals surface area contributed by atoms with Crippen molar-refractivity contribution in [1.29, 1.82) is 0 Å². The molecule has 98 valence electrons. The van der Waals surface area contributed by atoms with Crippen molar-refractivity contribution in [1.82, 2.24) is 10.2 Å². The van der Waals surface area contributed by atoms with Crippen molar-refractivity contribution in [3.63, 3.8) is 0 Å². The molecule has 1 aliphatic rings. The van der Waals surface area contributed by atoms with Crippen molar-refractivity contribution in [2.24, 2.45) is 0 Å². The summed E-state index contributed by atoms with van der Waals surface area (Å²) < 4.78 is 0. The second kappa shape index (κ2) is 5.76. The lowest BCUT2D eigenvalue weighted by atomic mass is 9.98. The van der Waals surface area contributed by atoms with E-state index in [0.717, 1.165) is 17.9 Å². The molecule has 4 nitrogen and oxygen atoms in total. The zero-order chi connectivity index (χ0) is 13.1. The summed E-state index contributed by atoms with van der Waals surface area (Å²) in [4.78, 5) is 25.4. The van der Waals surface area contributed by atoms with E-state index in [-0.39, 0.29) is 24.4 Å². The Morgan fingerprint density at radius 3 is 2.71 bits per heavy atom. The highest BCUT2D eigenvalue weighted by atomic mass is 32.2. The molecule has 1 saturated heterocycles. The molecule has 1 unspecified atom stereocenters. The van der Waals surface area contributed by atoms with Crippen LogP contribution < -0.4 is 5.32 Å². The molecule has 1 N–H and O–H groups in total. The fourth-order valence-corrected chi connectivity index (χ4v) is 2.73. The van der Waals surface area contributed by atoms with E-state index in [2.05, 4.69) is 12.2 Å². The minimum absolute atomic E-state index is 0.0195. The minimum atomic E-state index is -0.762. The van der Waals surface area contributed by atoms with Gasteiger partial charge in [-0.15, -0.1) is 0 Å². The van der Waals surface area contributed by atoms with E-state index in [1.165, 1.54) is 0 Å². The predicted molar refractivity (Wildman–Crippen MR) is 71.0 cm³/mol. The highest BCUT2D eigenvalue weighted by Crippen LogP contribution is 2.18. The van der Waals surface area contributed by atoms with Gasteiger partial charge in [0.1, 0.15) is 5.54 Å². The molecule has 0 radical (unpaired) electrons. The zero-order valence-electron chi connectivity index (χ0n) is 11.1. The Bertz CT molecular complexity index is 305. The molecule has 2 amide bonds. The monoisotopic (exact) mass is 258 g/mol. The van der Waals surface area contributed by atoms with Gasteiger partial charge >= 0.3 is 0 Å². The maximum Gasteiger partial charge on any atom is 0.248 e. The first-order valence-corrected chi connectivity index (χ1v) is 7.23. The predicted octanol–water partition coefficient (Wildman–Crippen LogP) is 1.26. The fraction of sp³-hybridized carbons (Fsp3) is 0.833. The van der Waals surface area contributed by atoms with Gasteiger partial charge in [0.2, 0.25) is 11.8 Å². The molecule has 1 fully saturated rings. The van der Waals surface area contributed by atoms with Crippen LogP contribution in [0.15, 0.2) is 0 Å². The average Bonchev–Trinajstić information content (AvgIpc) is 2.23. The van der Waals surface area contributed by atoms with Crippen molar-refractivity contribution < 1.29 is 9.59 Å². The first-order chi connectivity index (χ1) is 7.88. The van der Waals surface area contributed by atoms with E-state index in [1.807, 2.05) is 18.7 Å². The Labute approximate surface area is 108 Å². The van der Waals surface area contributed by atoms with Crippen LogP contribution in [0.5, 0.6) is 0 Å². The van der Waals surface area contributed by atoms with Gasteiger partial charge in [-0.25, -0.2) is 0 Å². The van der Waals surface area contributed by atoms with Crippen molar-refractivity contribution in [3.8, 4) is 0 Å². The van der Waals surface area contributed by atoms with Gasteiger partial charge < -0.3 is 10.2 Å². The van der Waals surface area contributed by atoms with Crippen LogP contribution in [-0.4, -0.2) is 46.3 Å². The molecular weight excluding hydrogens is 236 g/mol. The molecule has 1 heterocycles. The fourth-order valence-electron chi connectivity index (χ4n) is 1.94. The molecule has 1 atom stereocenters. The molecular formula is C12H22N2O2S. The largest absolute Gasteiger partial charge is 0.341 e. The molecule has 0 saturated carbocycles. The number of nitrogens with zero attached hydrogens (tertiary/aromatic N) is 1. The van der Waals surface area contributed by atoms with Crippen molar-refractivity contribution >= 4 is 23.6 Å². The lowest BCUT2D eigenvalue weighted by Crippen LogP contribution is -2.65. The number of nitrogens with one attached hydrogen (secondary N) is 1. The summed E-state index contributed by atoms with van der Waals surface area (Å²) in [6, 6.07) is 0.131. The third-order valence-electron chi connectivity index (χ3n) is 2.98. The van der Waals surface area contributed by atoms with Gasteiger partial charge in [0.05, 0.1) is 6.54 Å². The van der Waals surface area contributed by atoms with E-state index in [4.69, 9.17) is 0 Å². The maximum atomic E-state index is 12.2. The third kappa shape index (κ3) is 3.63. The number of hydrogen-bond acceptors (Lipinski definition) is 3. The summed E-state index contributed by atoms with van der Waals surface area (Å²) in [5.74, 6) is 2.08. The molecule has 17 heavy (non-hydrogen) atoms. The molecule has 0 spiro atoms. The number of rotatable bonds is 5. The van der Waals surface area contributed by atoms with Crippen LogP contribution in [0.25, 0.3) is 0 Å². The summed E-state index contributed by atoms with van der Waals surface area (Å²) in [7, 11) is 0. The standard InChI is InChI=1S/C12H22N2O2S/c1-5-17-7-6-9(2)14-8-10(15)13-12(3,4)11(14)16/h9H,5-8H2,1-4H3,(H,13,15). The smallest absolute Gasteiger partial charge is 0.248 e. The molecule has 5 heteroatoms. The molecule has 0 aromatic heterocycles. The van der Waals surface area contributed by atoms with Crippen molar-refractivity contribution in [3.05, 3.63) is 0 Å². The Morgan fingerprint density at radius 2 is 2.12 bits per heavy atom. The summed E-state index contributed by atoms with van der Waals surface area (Å²) in [6.45, 7) is 7.85. The number of amides is 2. The van der Waals surface area contributed by atoms with E-state index in [1.54, 1.807) is 18.7 Å². The number of hydrogen-bond donors (Lipinski definition) is 1. The van der Waals surface area contributed by atoms with Crippen LogP contribution in [0, 0.1) is 0 Å². The van der Waals surface area contributed by atoms with Crippen LogP contribution in [0.2, 0.25) is 0 Å². The van der Waals surface area contributed by atoms with Gasteiger partial charge in [-0.1, -0.05) is 6.92 Å². The first kappa shape index (κ1) is 14.4. The summed E-state index contributed by atoms with van der Waals surface area (Å²) >= 11 is 1.86. The van der Waals surface area contributed by atoms with Gasteiger partial charge in [0.25, 0.3) is 0 Å². The van der Waals surface area contributed by atoms with Crippen LogP contribution >= 0.6 is 11.8 Å². The zero-order valence-corrected chi connectivity index (χ0v) is 11.9. The van der Waals surface area contributed by atoms with Gasteiger partial charge in [0, 0.05) is 6.04 Å². The van der Waals surface area contributed by atoms with E-state index < -0.39 is 5.54 Å². The lowest BCUT2D eigenvalue weighted by molar-refractivity contribution is -0.150. The van der Waals surface area contributed by atoms with Crippen LogP contribution in [0.1, 0.15) is 34.1 Å². The van der Waals surface area contributed by atoms with Crippen LogP contribution in [-0.2, 0) is 9.59 Å². The van der Waals surface area contributed by atoms with E-state index >= 15 is 0 Å². The van der Waals surface area contributed by atoms with Crippen molar-refractivity contribution in [2.45, 2.75) is 45.7 Å². The third-order valence-corrected chi connectivity index (χ3v) is 3.91. The second-order valence-electron chi connectivity index (χ2n) is 4.94. The first-order valence-electron chi connectivity index (χ1n) is 6.08. The normalized spacial score (nSPS) is 21.3. The summed E-state index contributed by atoms with van der Waals surface area (Å²) in [5, 5.41) is 2.72. The van der Waals surface area contributed by atoms with Crippen molar-refractivity contribution in [2.75, 3.05) is 18.1 Å². The highest BCUT2D eigenvalue weighted by Gasteiger charge is 2.40. The van der Waals surface area contributed by atoms with Crippen LogP contribution in [0.4, 0.5) is 0 Å². The summed E-state index contributed by atoms with van der Waals surface area (Å²) in [6.07, 6.45) is 0.938. The molecule has 0 aromatic carbocycles. The number of carbonyl (C=O) groups is 2. The maximum absolute atomic E-state index is 12.2. The van der Waals surface area contributed by atoms with E-state index in [0.29, 0.717) is 0 Å². The highest BCUT2D eigenvalue weighted by molar-refractivity contribution is 7.99. The Balaban J connectivity index is 2.62. The van der Waals surface area contributed by atoms with Gasteiger partial charge in [-0.3, -0.25) is 9.59 Å². The lowest BCUT2D eigenvalue weighted by Gasteiger charge is -2.40. The Morgan fingerprint density at radius 1 is 1.47 bits per heavy atom. The Kier molecular flexibility index (Phi) is 4.86. The minimum Gasteiger partial charge on any atom is -0.341 e. The molecule has 0 aliphatic carbocycles. The molecule has 0 bridgehead atoms. The summed E-state index contributed by atoms with van der Waals surface area (Å²) in [5.41, 5.74) is -0.762. The number of piperazine rings is 1. The Hall–Kier alpha value is -0.710. The number of thioether (sulfide) groups is 1. The molecule has 0 aromatic rings. The molecule has 1 aliphatic heterocycles. The molecule has 1 rings (SSSR count). The topological polar surface area (TPSA) is 49.4 Å². The quantitative estimate of drug-likeness (QED) is 0.755. The van der Waals surface area contributed by atoms with E-state index in [9.17, 15) is 9.59 Å². The average molecular weight is 258 g/mol. The number of carbonyl (C=O) groups excluding carboxylic acids is 2.